The van der Waals surface area contributed by atoms with Gasteiger partial charge < -0.3 is 19.4 Å². The molecule has 0 radical (unpaired) electrons. The van der Waals surface area contributed by atoms with Crippen LogP contribution in [-0.4, -0.2) is 95.1 Å². The molecule has 41 heavy (non-hydrogen) atoms. The van der Waals surface area contributed by atoms with Gasteiger partial charge in [0, 0.05) is 50.4 Å². The number of likely N-dealkylation sites (N-methyl/N-ethyl adjacent to an activating group) is 1. The number of nitrogens with zero attached hydrogens (tertiary/aromatic N) is 7. The van der Waals surface area contributed by atoms with Crippen LogP contribution in [0.4, 0.5) is 5.82 Å². The van der Waals surface area contributed by atoms with Gasteiger partial charge in [-0.25, -0.2) is 0 Å². The number of piperazine rings is 1. The van der Waals surface area contributed by atoms with E-state index in [4.69, 9.17) is 14.7 Å². The van der Waals surface area contributed by atoms with Crippen LogP contribution in [0.1, 0.15) is 75.5 Å². The van der Waals surface area contributed by atoms with Crippen LogP contribution in [0.2, 0.25) is 0 Å². The van der Waals surface area contributed by atoms with E-state index in [1.807, 2.05) is 0 Å². The average Bonchev–Trinajstić information content (AvgIpc) is 3.43. The molecule has 2 saturated heterocycles. The molecule has 9 heteroatoms. The van der Waals surface area contributed by atoms with Crippen molar-refractivity contribution in [2.45, 2.75) is 95.3 Å². The first-order chi connectivity index (χ1) is 20.1. The number of carbonyl (C=O) groups is 1. The lowest BCUT2D eigenvalue weighted by Gasteiger charge is -2.48. The quantitative estimate of drug-likeness (QED) is 0.465. The van der Waals surface area contributed by atoms with Crippen LogP contribution in [0.5, 0.6) is 6.01 Å². The summed E-state index contributed by atoms with van der Waals surface area (Å²) >= 11 is 0. The number of hydrogen-bond donors (Lipinski definition) is 0. The molecule has 4 heterocycles. The van der Waals surface area contributed by atoms with E-state index in [-0.39, 0.29) is 11.9 Å². The van der Waals surface area contributed by atoms with Crippen molar-refractivity contribution in [2.75, 3.05) is 51.3 Å². The van der Waals surface area contributed by atoms with Gasteiger partial charge in [0.1, 0.15) is 12.4 Å². The minimum atomic E-state index is -0.188. The lowest BCUT2D eigenvalue weighted by atomic mass is 9.67. The van der Waals surface area contributed by atoms with Gasteiger partial charge in [-0.1, -0.05) is 38.7 Å². The van der Waals surface area contributed by atoms with Gasteiger partial charge >= 0.3 is 6.01 Å². The second-order valence-corrected chi connectivity index (χ2v) is 13.0. The number of aromatic nitrogens is 2. The summed E-state index contributed by atoms with van der Waals surface area (Å²) in [7, 11) is 2.17. The molecule has 5 aliphatic rings. The molecular weight excluding hydrogens is 514 g/mol. The van der Waals surface area contributed by atoms with Crippen molar-refractivity contribution in [2.24, 2.45) is 11.8 Å². The monoisotopic (exact) mass is 561 g/mol. The number of ether oxygens (including phenoxy) is 1. The van der Waals surface area contributed by atoms with Crippen LogP contribution >= 0.6 is 0 Å². The largest absolute Gasteiger partial charge is 0.462 e. The zero-order valence-electron chi connectivity index (χ0n) is 24.8. The van der Waals surface area contributed by atoms with E-state index >= 15 is 0 Å². The highest BCUT2D eigenvalue weighted by Crippen LogP contribution is 2.44. The zero-order valence-corrected chi connectivity index (χ0v) is 24.8. The van der Waals surface area contributed by atoms with Crippen LogP contribution in [0, 0.1) is 23.2 Å². The molecule has 5 atom stereocenters. The van der Waals surface area contributed by atoms with Gasteiger partial charge in [0.15, 0.2) is 0 Å². The zero-order chi connectivity index (χ0) is 28.3. The first kappa shape index (κ1) is 28.4. The smallest absolute Gasteiger partial charge is 0.318 e. The lowest BCUT2D eigenvalue weighted by Crippen LogP contribution is -2.55. The van der Waals surface area contributed by atoms with Crippen molar-refractivity contribution in [1.29, 1.82) is 5.26 Å². The minimum absolute atomic E-state index is 0.108. The normalized spacial score (nSPS) is 30.8. The fourth-order valence-electron chi connectivity index (χ4n) is 8.47. The Bertz CT molecular complexity index is 1150. The van der Waals surface area contributed by atoms with E-state index in [0.717, 1.165) is 55.8 Å². The van der Waals surface area contributed by atoms with Crippen LogP contribution in [0.3, 0.4) is 0 Å². The average molecular weight is 562 g/mol. The number of amides is 1. The fourth-order valence-corrected chi connectivity index (χ4v) is 8.47. The Morgan fingerprint density at radius 1 is 1.05 bits per heavy atom. The molecule has 1 amide bonds. The van der Waals surface area contributed by atoms with Crippen molar-refractivity contribution >= 4 is 11.7 Å². The lowest BCUT2D eigenvalue weighted by molar-refractivity contribution is -0.128. The highest BCUT2D eigenvalue weighted by Gasteiger charge is 2.40. The molecule has 0 N–H and O–H groups in total. The number of rotatable bonds is 7. The summed E-state index contributed by atoms with van der Waals surface area (Å²) in [6.45, 7) is 9.09. The van der Waals surface area contributed by atoms with E-state index < -0.39 is 0 Å². The van der Waals surface area contributed by atoms with Gasteiger partial charge in [0.05, 0.1) is 24.2 Å². The molecule has 1 aromatic rings. The number of anilines is 1. The Labute approximate surface area is 245 Å². The first-order valence-electron chi connectivity index (χ1n) is 16.1. The molecular formula is C32H47N7O2. The third kappa shape index (κ3) is 5.96. The number of carbonyl (C=O) groups excluding carboxylic acids is 1. The predicted octanol–water partition coefficient (Wildman–Crippen LogP) is 3.78. The van der Waals surface area contributed by atoms with E-state index in [2.05, 4.69) is 34.4 Å². The van der Waals surface area contributed by atoms with Gasteiger partial charge in [-0.05, 0) is 63.6 Å². The van der Waals surface area contributed by atoms with Crippen LogP contribution in [-0.2, 0) is 17.8 Å². The van der Waals surface area contributed by atoms with Crippen LogP contribution in [0.15, 0.2) is 12.7 Å². The molecule has 222 valence electrons. The summed E-state index contributed by atoms with van der Waals surface area (Å²) in [6.07, 6.45) is 14.6. The van der Waals surface area contributed by atoms with Crippen molar-refractivity contribution in [1.82, 2.24) is 24.7 Å². The Morgan fingerprint density at radius 2 is 1.90 bits per heavy atom. The van der Waals surface area contributed by atoms with Gasteiger partial charge in [-0.3, -0.25) is 9.69 Å². The van der Waals surface area contributed by atoms with E-state index in [9.17, 15) is 10.1 Å². The summed E-state index contributed by atoms with van der Waals surface area (Å²) in [4.78, 5) is 31.8. The predicted molar refractivity (Wildman–Crippen MR) is 159 cm³/mol. The van der Waals surface area contributed by atoms with Gasteiger partial charge in [0.2, 0.25) is 5.91 Å². The van der Waals surface area contributed by atoms with Crippen molar-refractivity contribution < 1.29 is 9.53 Å². The molecule has 3 unspecified atom stereocenters. The van der Waals surface area contributed by atoms with Crippen molar-refractivity contribution in [3.05, 3.63) is 23.9 Å². The second-order valence-electron chi connectivity index (χ2n) is 13.0. The Morgan fingerprint density at radius 3 is 2.71 bits per heavy atom. The van der Waals surface area contributed by atoms with Gasteiger partial charge in [-0.2, -0.15) is 15.2 Å². The maximum absolute atomic E-state index is 12.5. The number of hydrogen-bond acceptors (Lipinski definition) is 8. The third-order valence-electron chi connectivity index (χ3n) is 10.7. The topological polar surface area (TPSA) is 88.8 Å². The summed E-state index contributed by atoms with van der Waals surface area (Å²) < 4.78 is 6.34. The maximum Gasteiger partial charge on any atom is 0.318 e. The van der Waals surface area contributed by atoms with E-state index in [1.54, 1.807) is 4.90 Å². The first-order valence-corrected chi connectivity index (χ1v) is 16.1. The molecule has 0 bridgehead atoms. The van der Waals surface area contributed by atoms with Crippen molar-refractivity contribution in [3.63, 3.8) is 0 Å². The SMILES string of the molecule is C=CC(=O)N1CCN(c2nc(OC[C@@H]3CCCN3C)nc3c2CCN(C2CCCC4CCCCC42)C3)C[C@@H]1CC#N. The van der Waals surface area contributed by atoms with Crippen molar-refractivity contribution in [3.8, 4) is 12.1 Å². The number of fused-ring (bicyclic) bond motifs is 2. The molecule has 3 aliphatic heterocycles. The van der Waals surface area contributed by atoms with E-state index in [0.29, 0.717) is 50.8 Å². The van der Waals surface area contributed by atoms with E-state index in [1.165, 1.54) is 63.0 Å². The molecule has 2 aliphatic carbocycles. The summed E-state index contributed by atoms with van der Waals surface area (Å²) in [6, 6.07) is 3.63. The Hall–Kier alpha value is -2.70. The summed E-state index contributed by atoms with van der Waals surface area (Å²) in [5.41, 5.74) is 2.33. The molecule has 1 aromatic heterocycles. The number of nitriles is 1. The van der Waals surface area contributed by atoms with Gasteiger partial charge in [-0.15, -0.1) is 0 Å². The highest BCUT2D eigenvalue weighted by atomic mass is 16.5. The third-order valence-corrected chi connectivity index (χ3v) is 10.7. The minimum Gasteiger partial charge on any atom is -0.462 e. The molecule has 0 aromatic carbocycles. The molecule has 4 fully saturated rings. The molecule has 0 spiro atoms. The maximum atomic E-state index is 12.5. The Balaban J connectivity index is 1.27. The Kier molecular flexibility index (Phi) is 8.78. The van der Waals surface area contributed by atoms with Crippen LogP contribution in [0.25, 0.3) is 0 Å². The molecule has 6 rings (SSSR count). The van der Waals surface area contributed by atoms with Gasteiger partial charge in [0.25, 0.3) is 0 Å². The molecule has 9 nitrogen and oxygen atoms in total. The molecule has 2 saturated carbocycles. The fraction of sp³-hybridized carbons (Fsp3) is 0.750. The number of likely N-dealkylation sites (tertiary alicyclic amines) is 1. The van der Waals surface area contributed by atoms with Crippen LogP contribution < -0.4 is 9.64 Å². The highest BCUT2D eigenvalue weighted by molar-refractivity contribution is 5.87. The standard InChI is InChI=1S/C32H47N7O2/c1-3-30(40)39-19-18-38(20-24(39)13-15-33)31-27-14-17-37(29-12-6-9-23-8-4-5-11-26(23)29)21-28(27)34-32(35-31)41-22-25-10-7-16-36(25)2/h3,23-26,29H,1,4-14,16-22H2,2H3/t23?,24-,25-,26?,29?/m0/s1. The summed E-state index contributed by atoms with van der Waals surface area (Å²) in [5, 5.41) is 9.53. The second kappa shape index (κ2) is 12.7. The summed E-state index contributed by atoms with van der Waals surface area (Å²) in [5.74, 6) is 2.57.